The van der Waals surface area contributed by atoms with Gasteiger partial charge in [-0.05, 0) is 50.4 Å². The van der Waals surface area contributed by atoms with Crippen LogP contribution < -0.4 is 11.1 Å². The van der Waals surface area contributed by atoms with Crippen molar-refractivity contribution >= 4 is 11.8 Å². The first kappa shape index (κ1) is 18.7. The summed E-state index contributed by atoms with van der Waals surface area (Å²) in [6.45, 7) is 7.20. The molecule has 142 valence electrons. The van der Waals surface area contributed by atoms with E-state index >= 15 is 0 Å². The molecule has 0 aromatic rings. The summed E-state index contributed by atoms with van der Waals surface area (Å²) in [6, 6.07) is 0.604. The molecule has 2 aliphatic carbocycles. The number of fused-ring (bicyclic) bond motifs is 2. The van der Waals surface area contributed by atoms with Gasteiger partial charge in [0.2, 0.25) is 11.8 Å². The van der Waals surface area contributed by atoms with Crippen molar-refractivity contribution in [3.8, 4) is 0 Å². The monoisotopic (exact) mass is 349 g/mol. The Kier molecular flexibility index (Phi) is 5.42. The number of amides is 2. The van der Waals surface area contributed by atoms with E-state index in [1.54, 1.807) is 0 Å². The molecule has 3 fully saturated rings. The van der Waals surface area contributed by atoms with E-state index in [0.717, 1.165) is 32.2 Å². The Labute approximate surface area is 152 Å². The maximum atomic E-state index is 12.9. The van der Waals surface area contributed by atoms with Gasteiger partial charge in [0, 0.05) is 30.6 Å². The minimum absolute atomic E-state index is 0.0589. The first-order valence-corrected chi connectivity index (χ1v) is 10.1. The fourth-order valence-corrected chi connectivity index (χ4v) is 5.16. The highest BCUT2D eigenvalue weighted by atomic mass is 16.2. The minimum Gasteiger partial charge on any atom is -0.353 e. The van der Waals surface area contributed by atoms with Crippen molar-refractivity contribution in [1.82, 2.24) is 10.2 Å². The Morgan fingerprint density at radius 3 is 2.28 bits per heavy atom. The third-order valence-electron chi connectivity index (χ3n) is 6.41. The quantitative estimate of drug-likeness (QED) is 0.803. The molecule has 1 saturated heterocycles. The van der Waals surface area contributed by atoms with Crippen LogP contribution in [-0.4, -0.2) is 41.9 Å². The number of piperidine rings is 1. The van der Waals surface area contributed by atoms with Gasteiger partial charge in [0.15, 0.2) is 0 Å². The maximum Gasteiger partial charge on any atom is 0.227 e. The Bertz CT molecular complexity index is 500. The van der Waals surface area contributed by atoms with E-state index in [1.165, 1.54) is 19.3 Å². The number of carbonyl (C=O) groups excluding carboxylic acids is 2. The summed E-state index contributed by atoms with van der Waals surface area (Å²) in [6.07, 6.45) is 7.54. The van der Waals surface area contributed by atoms with Gasteiger partial charge < -0.3 is 16.0 Å². The van der Waals surface area contributed by atoms with E-state index in [9.17, 15) is 9.59 Å². The van der Waals surface area contributed by atoms with Gasteiger partial charge in [-0.25, -0.2) is 0 Å². The fourth-order valence-electron chi connectivity index (χ4n) is 5.16. The average molecular weight is 350 g/mol. The molecular formula is C20H35N3O2. The lowest BCUT2D eigenvalue weighted by Gasteiger charge is -2.46. The summed E-state index contributed by atoms with van der Waals surface area (Å²) in [4.78, 5) is 27.4. The molecule has 0 aromatic heterocycles. The Balaban J connectivity index is 1.60. The van der Waals surface area contributed by atoms with E-state index in [-0.39, 0.29) is 23.1 Å². The lowest BCUT2D eigenvalue weighted by Crippen LogP contribution is -2.56. The molecule has 3 unspecified atom stereocenters. The summed E-state index contributed by atoms with van der Waals surface area (Å²) in [5.41, 5.74) is 5.82. The molecule has 1 heterocycles. The lowest BCUT2D eigenvalue weighted by atomic mass is 9.67. The van der Waals surface area contributed by atoms with Crippen LogP contribution >= 0.6 is 0 Å². The zero-order chi connectivity index (χ0) is 18.2. The largest absolute Gasteiger partial charge is 0.353 e. The third kappa shape index (κ3) is 4.18. The highest BCUT2D eigenvalue weighted by Gasteiger charge is 2.41. The molecule has 0 spiro atoms. The average Bonchev–Trinajstić information content (AvgIpc) is 2.54. The van der Waals surface area contributed by atoms with E-state index in [2.05, 4.69) is 5.32 Å². The van der Waals surface area contributed by atoms with Crippen molar-refractivity contribution in [2.24, 2.45) is 28.9 Å². The molecule has 2 bridgehead atoms. The van der Waals surface area contributed by atoms with Gasteiger partial charge in [-0.1, -0.05) is 27.2 Å². The number of carbonyl (C=O) groups is 2. The number of nitrogens with zero attached hydrogens (tertiary/aromatic N) is 1. The molecule has 0 aromatic carbocycles. The van der Waals surface area contributed by atoms with Crippen LogP contribution in [0.15, 0.2) is 0 Å². The Morgan fingerprint density at radius 2 is 1.68 bits per heavy atom. The first-order valence-electron chi connectivity index (χ1n) is 10.1. The van der Waals surface area contributed by atoms with Crippen LogP contribution in [0.1, 0.15) is 65.7 Å². The van der Waals surface area contributed by atoms with Crippen molar-refractivity contribution in [3.05, 3.63) is 0 Å². The zero-order valence-electron chi connectivity index (χ0n) is 16.1. The number of hydrogen-bond donors (Lipinski definition) is 2. The molecule has 3 aliphatic rings. The second kappa shape index (κ2) is 7.26. The van der Waals surface area contributed by atoms with Crippen LogP contribution in [0.5, 0.6) is 0 Å². The van der Waals surface area contributed by atoms with E-state index < -0.39 is 0 Å². The van der Waals surface area contributed by atoms with E-state index in [0.29, 0.717) is 30.5 Å². The second-order valence-corrected chi connectivity index (χ2v) is 9.56. The summed E-state index contributed by atoms with van der Waals surface area (Å²) in [7, 11) is 0. The van der Waals surface area contributed by atoms with Crippen molar-refractivity contribution in [2.75, 3.05) is 13.1 Å². The third-order valence-corrected chi connectivity index (χ3v) is 6.41. The van der Waals surface area contributed by atoms with Gasteiger partial charge in [0.1, 0.15) is 0 Å². The molecule has 5 heteroatoms. The van der Waals surface area contributed by atoms with Crippen molar-refractivity contribution < 1.29 is 9.59 Å². The number of nitrogens with two attached hydrogens (primary N) is 1. The molecule has 25 heavy (non-hydrogen) atoms. The summed E-state index contributed by atoms with van der Waals surface area (Å²) >= 11 is 0. The lowest BCUT2D eigenvalue weighted by molar-refractivity contribution is -0.143. The highest BCUT2D eigenvalue weighted by molar-refractivity contribution is 5.84. The van der Waals surface area contributed by atoms with Crippen LogP contribution in [0, 0.1) is 23.2 Å². The summed E-state index contributed by atoms with van der Waals surface area (Å²) in [5, 5.41) is 3.38. The van der Waals surface area contributed by atoms with Crippen LogP contribution in [0.2, 0.25) is 0 Å². The summed E-state index contributed by atoms with van der Waals surface area (Å²) < 4.78 is 0. The van der Waals surface area contributed by atoms with E-state index in [4.69, 9.17) is 5.73 Å². The highest BCUT2D eigenvalue weighted by Crippen LogP contribution is 2.40. The topological polar surface area (TPSA) is 75.4 Å². The number of hydrogen-bond acceptors (Lipinski definition) is 3. The molecule has 2 amide bonds. The molecule has 0 radical (unpaired) electrons. The molecule has 3 atom stereocenters. The Morgan fingerprint density at radius 1 is 1.04 bits per heavy atom. The normalized spacial score (nSPS) is 36.0. The Hall–Kier alpha value is -1.10. The zero-order valence-corrected chi connectivity index (χ0v) is 16.1. The van der Waals surface area contributed by atoms with Crippen molar-refractivity contribution in [1.29, 1.82) is 0 Å². The number of nitrogens with one attached hydrogen (secondary N) is 1. The van der Waals surface area contributed by atoms with Crippen molar-refractivity contribution in [2.45, 2.75) is 77.8 Å². The molecule has 2 saturated carbocycles. The molecule has 3 rings (SSSR count). The molecule has 1 aliphatic heterocycles. The van der Waals surface area contributed by atoms with Crippen LogP contribution in [0.25, 0.3) is 0 Å². The molecule has 3 N–H and O–H groups in total. The van der Waals surface area contributed by atoms with Gasteiger partial charge in [-0.3, -0.25) is 9.59 Å². The fraction of sp³-hybridized carbons (Fsp3) is 0.900. The van der Waals surface area contributed by atoms with Crippen LogP contribution in [0.4, 0.5) is 0 Å². The number of rotatable bonds is 2. The minimum atomic E-state index is -0.380. The molecular weight excluding hydrogens is 314 g/mol. The maximum absolute atomic E-state index is 12.9. The van der Waals surface area contributed by atoms with Gasteiger partial charge in [0.25, 0.3) is 0 Å². The van der Waals surface area contributed by atoms with Gasteiger partial charge >= 0.3 is 0 Å². The van der Waals surface area contributed by atoms with Gasteiger partial charge in [0.05, 0.1) is 5.92 Å². The second-order valence-electron chi connectivity index (χ2n) is 9.56. The van der Waals surface area contributed by atoms with Gasteiger partial charge in [-0.15, -0.1) is 0 Å². The van der Waals surface area contributed by atoms with Crippen molar-refractivity contribution in [3.63, 3.8) is 0 Å². The predicted octanol–water partition coefficient (Wildman–Crippen LogP) is 2.29. The van der Waals surface area contributed by atoms with Crippen LogP contribution in [-0.2, 0) is 9.59 Å². The molecule has 5 nitrogen and oxygen atoms in total. The standard InChI is InChI=1S/C20H35N3O2/c1-20(2,3)19(25)23-9-5-8-15(12-23)18(24)22-17-13-6-4-7-14(17)11-16(21)10-13/h13-17H,4-12,21H2,1-3H3,(H,22,24). The smallest absolute Gasteiger partial charge is 0.227 e. The summed E-state index contributed by atoms with van der Waals surface area (Å²) in [5.74, 6) is 1.34. The van der Waals surface area contributed by atoms with Crippen LogP contribution in [0.3, 0.4) is 0 Å². The van der Waals surface area contributed by atoms with Gasteiger partial charge in [-0.2, -0.15) is 0 Å². The number of likely N-dealkylation sites (tertiary alicyclic amines) is 1. The van der Waals surface area contributed by atoms with E-state index in [1.807, 2.05) is 25.7 Å². The predicted molar refractivity (Wildman–Crippen MR) is 98.7 cm³/mol. The first-order chi connectivity index (χ1) is 11.8. The SMILES string of the molecule is CC(C)(C)C(=O)N1CCCC(C(=O)NC2C3CCCC2CC(N)C3)C1.